The van der Waals surface area contributed by atoms with Gasteiger partial charge < -0.3 is 9.47 Å². The molecule has 1 aliphatic rings. The van der Waals surface area contributed by atoms with Crippen LogP contribution in [0, 0.1) is 13.8 Å². The van der Waals surface area contributed by atoms with Crippen LogP contribution < -0.4 is 5.69 Å². The molecule has 2 aromatic heterocycles. The SMILES string of the molecule is Cc1cc(C)n(CC(=O)N2Cc3nnc(Cc4ccccc4)n3[C@@H](C)C2)c(=O)n1. The maximum Gasteiger partial charge on any atom is 0.348 e. The van der Waals surface area contributed by atoms with Crippen molar-refractivity contribution in [2.24, 2.45) is 0 Å². The van der Waals surface area contributed by atoms with Gasteiger partial charge >= 0.3 is 5.69 Å². The Morgan fingerprint density at radius 3 is 2.66 bits per heavy atom. The molecule has 150 valence electrons. The highest BCUT2D eigenvalue weighted by Crippen LogP contribution is 2.23. The molecule has 0 N–H and O–H groups in total. The molecule has 0 unspecified atom stereocenters. The van der Waals surface area contributed by atoms with Crippen LogP contribution in [0.3, 0.4) is 0 Å². The monoisotopic (exact) mass is 392 g/mol. The first kappa shape index (κ1) is 19.0. The Labute approximate surface area is 168 Å². The first-order valence-corrected chi connectivity index (χ1v) is 9.72. The fourth-order valence-electron chi connectivity index (χ4n) is 3.90. The van der Waals surface area contributed by atoms with Crippen LogP contribution in [-0.4, -0.2) is 41.7 Å². The van der Waals surface area contributed by atoms with Crippen LogP contribution >= 0.6 is 0 Å². The average Bonchev–Trinajstić information content (AvgIpc) is 3.08. The molecule has 0 saturated carbocycles. The van der Waals surface area contributed by atoms with Crippen molar-refractivity contribution in [3.05, 3.63) is 75.5 Å². The summed E-state index contributed by atoms with van der Waals surface area (Å²) in [5.41, 5.74) is 2.17. The van der Waals surface area contributed by atoms with Gasteiger partial charge in [0.25, 0.3) is 0 Å². The van der Waals surface area contributed by atoms with Crippen molar-refractivity contribution in [2.75, 3.05) is 6.54 Å². The van der Waals surface area contributed by atoms with Gasteiger partial charge in [-0.15, -0.1) is 10.2 Å². The number of carbonyl (C=O) groups excluding carboxylic acids is 1. The fourth-order valence-corrected chi connectivity index (χ4v) is 3.90. The normalized spacial score (nSPS) is 16.0. The molecule has 0 fully saturated rings. The van der Waals surface area contributed by atoms with Crippen molar-refractivity contribution in [3.63, 3.8) is 0 Å². The highest BCUT2D eigenvalue weighted by Gasteiger charge is 2.29. The highest BCUT2D eigenvalue weighted by molar-refractivity contribution is 5.76. The zero-order chi connectivity index (χ0) is 20.5. The lowest BCUT2D eigenvalue weighted by Gasteiger charge is -2.33. The molecule has 4 rings (SSSR count). The Hall–Kier alpha value is -3.29. The van der Waals surface area contributed by atoms with E-state index in [9.17, 15) is 9.59 Å². The molecule has 0 bridgehead atoms. The first-order chi connectivity index (χ1) is 13.9. The van der Waals surface area contributed by atoms with Crippen molar-refractivity contribution < 1.29 is 4.79 Å². The predicted octanol–water partition coefficient (Wildman–Crippen LogP) is 1.65. The minimum Gasteiger partial charge on any atom is -0.332 e. The van der Waals surface area contributed by atoms with Crippen molar-refractivity contribution in [1.82, 2.24) is 29.2 Å². The summed E-state index contributed by atoms with van der Waals surface area (Å²) in [6, 6.07) is 12.0. The molecule has 1 aromatic carbocycles. The minimum atomic E-state index is -0.394. The minimum absolute atomic E-state index is 0.0182. The van der Waals surface area contributed by atoms with Gasteiger partial charge in [0.1, 0.15) is 12.4 Å². The van der Waals surface area contributed by atoms with Gasteiger partial charge in [-0.3, -0.25) is 9.36 Å². The molecule has 1 amide bonds. The van der Waals surface area contributed by atoms with Crippen LogP contribution in [0.1, 0.15) is 41.6 Å². The van der Waals surface area contributed by atoms with Crippen molar-refractivity contribution in [1.29, 1.82) is 0 Å². The molecule has 0 aliphatic carbocycles. The molecule has 0 saturated heterocycles. The number of amides is 1. The van der Waals surface area contributed by atoms with Crippen molar-refractivity contribution >= 4 is 5.91 Å². The quantitative estimate of drug-likeness (QED) is 0.674. The van der Waals surface area contributed by atoms with Crippen LogP contribution in [0.5, 0.6) is 0 Å². The molecule has 8 nitrogen and oxygen atoms in total. The molecule has 29 heavy (non-hydrogen) atoms. The van der Waals surface area contributed by atoms with Crippen LogP contribution in [0.25, 0.3) is 0 Å². The van der Waals surface area contributed by atoms with Crippen LogP contribution in [0.15, 0.2) is 41.2 Å². The fraction of sp³-hybridized carbons (Fsp3) is 0.381. The Morgan fingerprint density at radius 2 is 1.93 bits per heavy atom. The molecule has 1 aliphatic heterocycles. The number of hydrogen-bond donors (Lipinski definition) is 0. The number of fused-ring (bicyclic) bond motifs is 1. The van der Waals surface area contributed by atoms with Crippen LogP contribution in [0.4, 0.5) is 0 Å². The number of carbonyl (C=O) groups is 1. The summed E-state index contributed by atoms with van der Waals surface area (Å²) < 4.78 is 3.54. The molecular weight excluding hydrogens is 368 g/mol. The van der Waals surface area contributed by atoms with Gasteiger partial charge in [0, 0.05) is 24.4 Å². The first-order valence-electron chi connectivity index (χ1n) is 9.72. The van der Waals surface area contributed by atoms with Gasteiger partial charge in [0.2, 0.25) is 5.91 Å². The summed E-state index contributed by atoms with van der Waals surface area (Å²) in [7, 11) is 0. The second kappa shape index (κ2) is 7.62. The largest absolute Gasteiger partial charge is 0.348 e. The van der Waals surface area contributed by atoms with E-state index < -0.39 is 5.69 Å². The van der Waals surface area contributed by atoms with E-state index in [2.05, 4.69) is 38.8 Å². The summed E-state index contributed by atoms with van der Waals surface area (Å²) in [5, 5.41) is 8.70. The number of aryl methyl sites for hydroxylation is 2. The number of benzene rings is 1. The van der Waals surface area contributed by atoms with Crippen molar-refractivity contribution in [2.45, 2.75) is 46.3 Å². The third-order valence-electron chi connectivity index (χ3n) is 5.29. The number of nitrogens with zero attached hydrogens (tertiary/aromatic N) is 6. The van der Waals surface area contributed by atoms with E-state index in [4.69, 9.17) is 0 Å². The molecule has 0 spiro atoms. The van der Waals surface area contributed by atoms with Gasteiger partial charge in [0.15, 0.2) is 5.82 Å². The zero-order valence-electron chi connectivity index (χ0n) is 16.9. The lowest BCUT2D eigenvalue weighted by Crippen LogP contribution is -2.43. The lowest BCUT2D eigenvalue weighted by molar-refractivity contribution is -0.134. The summed E-state index contributed by atoms with van der Waals surface area (Å²) in [5.74, 6) is 1.56. The standard InChI is InChI=1S/C21H24N6O2/c1-14-9-15(2)26(21(29)22-14)13-20(28)25-11-16(3)27-18(23-24-19(27)12-25)10-17-7-5-4-6-8-17/h4-9,16H,10-13H2,1-3H3/t16-/m0/s1. The van der Waals surface area contributed by atoms with Gasteiger partial charge in [-0.1, -0.05) is 30.3 Å². The average molecular weight is 392 g/mol. The zero-order valence-corrected chi connectivity index (χ0v) is 16.9. The molecule has 8 heteroatoms. The van der Waals surface area contributed by atoms with Gasteiger partial charge in [-0.05, 0) is 32.4 Å². The maximum absolute atomic E-state index is 12.9. The number of aromatic nitrogens is 5. The van der Waals surface area contributed by atoms with Crippen LogP contribution in [-0.2, 0) is 24.3 Å². The third kappa shape index (κ3) is 3.83. The lowest BCUT2D eigenvalue weighted by atomic mass is 10.1. The van der Waals surface area contributed by atoms with Gasteiger partial charge in [-0.2, -0.15) is 4.98 Å². The van der Waals surface area contributed by atoms with E-state index in [1.165, 1.54) is 10.1 Å². The van der Waals surface area contributed by atoms with E-state index >= 15 is 0 Å². The molecule has 0 radical (unpaired) electrons. The molecular formula is C21H24N6O2. The number of rotatable bonds is 4. The van der Waals surface area contributed by atoms with Gasteiger partial charge in [0.05, 0.1) is 12.6 Å². The summed E-state index contributed by atoms with van der Waals surface area (Å²) in [4.78, 5) is 30.7. The second-order valence-corrected chi connectivity index (χ2v) is 7.60. The molecule has 1 atom stereocenters. The predicted molar refractivity (Wildman–Crippen MR) is 107 cm³/mol. The Balaban J connectivity index is 1.52. The topological polar surface area (TPSA) is 85.9 Å². The van der Waals surface area contributed by atoms with Crippen LogP contribution in [0.2, 0.25) is 0 Å². The molecule has 3 heterocycles. The smallest absolute Gasteiger partial charge is 0.332 e. The maximum atomic E-state index is 12.9. The van der Waals surface area contributed by atoms with E-state index in [1.54, 1.807) is 17.9 Å². The Morgan fingerprint density at radius 1 is 1.17 bits per heavy atom. The third-order valence-corrected chi connectivity index (χ3v) is 5.29. The second-order valence-electron chi connectivity index (χ2n) is 7.60. The Bertz CT molecular complexity index is 1100. The van der Waals surface area contributed by atoms with E-state index in [0.717, 1.165) is 17.3 Å². The Kier molecular flexibility index (Phi) is 5.00. The van der Waals surface area contributed by atoms with E-state index in [1.807, 2.05) is 25.1 Å². The number of hydrogen-bond acceptors (Lipinski definition) is 5. The summed E-state index contributed by atoms with van der Waals surface area (Å²) in [6.45, 7) is 6.57. The van der Waals surface area contributed by atoms with E-state index in [0.29, 0.717) is 25.2 Å². The summed E-state index contributed by atoms with van der Waals surface area (Å²) in [6.07, 6.45) is 0.704. The van der Waals surface area contributed by atoms with E-state index in [-0.39, 0.29) is 18.5 Å². The van der Waals surface area contributed by atoms with Gasteiger partial charge in [-0.25, -0.2) is 4.79 Å². The van der Waals surface area contributed by atoms with Crippen molar-refractivity contribution in [3.8, 4) is 0 Å². The highest BCUT2D eigenvalue weighted by atomic mass is 16.2. The summed E-state index contributed by atoms with van der Waals surface area (Å²) >= 11 is 0. The molecule has 3 aromatic rings.